The number of aromatic nitrogens is 3. The maximum atomic E-state index is 12.8. The van der Waals surface area contributed by atoms with Gasteiger partial charge < -0.3 is 9.47 Å². The maximum Gasteiger partial charge on any atom is 0.276 e. The molecule has 4 heterocycles. The van der Waals surface area contributed by atoms with E-state index in [4.69, 9.17) is 9.47 Å². The van der Waals surface area contributed by atoms with Crippen LogP contribution in [0, 0.1) is 0 Å². The topological polar surface area (TPSA) is 65.7 Å². The molecule has 0 N–H and O–H groups in total. The second kappa shape index (κ2) is 5.52. The molecule has 0 unspecified atom stereocenters. The molecular weight excluding hydrogens is 474 g/mol. The molecule has 3 aromatic heterocycles. The number of hydrogen-bond acceptors (Lipinski definition) is 6. The molecule has 1 aromatic carbocycles. The highest BCUT2D eigenvalue weighted by Crippen LogP contribution is 2.37. The summed E-state index contributed by atoms with van der Waals surface area (Å²) in [6, 6.07) is 5.53. The fraction of sp³-hybridized carbons (Fsp3) is 0.0625. The number of fused-ring (bicyclic) bond motifs is 4. The largest absolute Gasteiger partial charge is 0.454 e. The minimum absolute atomic E-state index is 0.137. The molecule has 4 aromatic rings. The fourth-order valence-corrected chi connectivity index (χ4v) is 4.42. The average Bonchev–Trinajstić information content (AvgIpc) is 3.23. The summed E-state index contributed by atoms with van der Waals surface area (Å²) in [5.41, 5.74) is 1.95. The van der Waals surface area contributed by atoms with Crippen LogP contribution in [0.5, 0.6) is 11.5 Å². The molecule has 5 rings (SSSR count). The van der Waals surface area contributed by atoms with Gasteiger partial charge in [0.25, 0.3) is 5.56 Å². The Hall–Kier alpha value is -1.97. The summed E-state index contributed by atoms with van der Waals surface area (Å²) in [7, 11) is 0. The normalized spacial score (nSPS) is 14.1. The number of halogens is 2. The van der Waals surface area contributed by atoms with E-state index < -0.39 is 0 Å². The summed E-state index contributed by atoms with van der Waals surface area (Å²) in [6.45, 7) is 0.206. The second-order valence-corrected chi connectivity index (χ2v) is 8.15. The Kier molecular flexibility index (Phi) is 3.37. The Morgan fingerprint density at radius 3 is 2.84 bits per heavy atom. The third-order valence-corrected chi connectivity index (χ3v) is 5.92. The van der Waals surface area contributed by atoms with Crippen LogP contribution in [0.3, 0.4) is 0 Å². The molecular formula is C16H7Br2N3O3S. The first kappa shape index (κ1) is 15.3. The number of imidazole rings is 1. The highest BCUT2D eigenvalue weighted by molar-refractivity contribution is 9.10. The summed E-state index contributed by atoms with van der Waals surface area (Å²) >= 11 is 8.21. The standard InChI is InChI=1S/C16H7Br2N3O3S/c17-8-3-10-14(19-5-8)21-15(22)13(25-16(21)20-10)2-7-1-11-12(4-9(7)18)24-6-23-11/h1-5H,6H2/b13-2-. The van der Waals surface area contributed by atoms with Gasteiger partial charge in [-0.2, -0.15) is 0 Å². The predicted octanol–water partition coefficient (Wildman–Crippen LogP) is 3.11. The molecule has 0 bridgehead atoms. The quantitative estimate of drug-likeness (QED) is 0.419. The van der Waals surface area contributed by atoms with Crippen LogP contribution < -0.4 is 19.6 Å². The third-order valence-electron chi connectivity index (χ3n) is 3.83. The van der Waals surface area contributed by atoms with E-state index in [9.17, 15) is 4.79 Å². The van der Waals surface area contributed by atoms with Gasteiger partial charge in [-0.3, -0.25) is 4.79 Å². The van der Waals surface area contributed by atoms with E-state index in [0.717, 1.165) is 14.5 Å². The molecule has 0 atom stereocenters. The van der Waals surface area contributed by atoms with Crippen LogP contribution in [-0.4, -0.2) is 21.2 Å². The molecule has 124 valence electrons. The Morgan fingerprint density at radius 1 is 1.20 bits per heavy atom. The Bertz CT molecular complexity index is 1280. The van der Waals surface area contributed by atoms with Gasteiger partial charge in [-0.15, -0.1) is 0 Å². The lowest BCUT2D eigenvalue weighted by atomic mass is 10.2. The van der Waals surface area contributed by atoms with Crippen molar-refractivity contribution in [1.82, 2.24) is 14.4 Å². The van der Waals surface area contributed by atoms with E-state index in [1.807, 2.05) is 24.3 Å². The molecule has 1 aliphatic rings. The fourth-order valence-electron chi connectivity index (χ4n) is 2.70. The summed E-state index contributed by atoms with van der Waals surface area (Å²) in [5.74, 6) is 1.35. The maximum absolute atomic E-state index is 12.8. The van der Waals surface area contributed by atoms with Gasteiger partial charge in [0, 0.05) is 15.1 Å². The van der Waals surface area contributed by atoms with Crippen molar-refractivity contribution < 1.29 is 9.47 Å². The molecule has 0 aliphatic carbocycles. The van der Waals surface area contributed by atoms with E-state index in [1.165, 1.54) is 11.3 Å². The summed E-state index contributed by atoms with van der Waals surface area (Å²) in [5, 5.41) is 0. The molecule has 6 nitrogen and oxygen atoms in total. The van der Waals surface area contributed by atoms with Crippen molar-refractivity contribution in [2.75, 3.05) is 6.79 Å². The van der Waals surface area contributed by atoms with Gasteiger partial charge in [-0.05, 0) is 45.8 Å². The average molecular weight is 481 g/mol. The third kappa shape index (κ3) is 2.37. The van der Waals surface area contributed by atoms with Crippen molar-refractivity contribution in [2.24, 2.45) is 0 Å². The number of thiazole rings is 1. The van der Waals surface area contributed by atoms with Gasteiger partial charge >= 0.3 is 0 Å². The van der Waals surface area contributed by atoms with Gasteiger partial charge in [0.05, 0.1) is 4.53 Å². The molecule has 0 spiro atoms. The first-order valence-electron chi connectivity index (χ1n) is 7.17. The number of pyridine rings is 1. The molecule has 0 saturated heterocycles. The minimum atomic E-state index is -0.137. The minimum Gasteiger partial charge on any atom is -0.454 e. The summed E-state index contributed by atoms with van der Waals surface area (Å²) in [4.78, 5) is 22.2. The van der Waals surface area contributed by atoms with E-state index >= 15 is 0 Å². The van der Waals surface area contributed by atoms with Gasteiger partial charge in [0.2, 0.25) is 6.79 Å². The van der Waals surface area contributed by atoms with Crippen LogP contribution in [0.15, 0.2) is 38.1 Å². The van der Waals surface area contributed by atoms with Gasteiger partial charge in [0.15, 0.2) is 22.1 Å². The number of rotatable bonds is 1. The number of hydrogen-bond donors (Lipinski definition) is 0. The van der Waals surface area contributed by atoms with Crippen molar-refractivity contribution in [3.05, 3.63) is 53.8 Å². The molecule has 0 radical (unpaired) electrons. The van der Waals surface area contributed by atoms with Crippen LogP contribution in [0.25, 0.3) is 22.2 Å². The van der Waals surface area contributed by atoms with Gasteiger partial charge in [-0.25, -0.2) is 14.4 Å². The number of benzene rings is 1. The first-order chi connectivity index (χ1) is 12.1. The Balaban J connectivity index is 1.75. The van der Waals surface area contributed by atoms with Gasteiger partial charge in [0.1, 0.15) is 5.52 Å². The summed E-state index contributed by atoms with van der Waals surface area (Å²) < 4.78 is 14.5. The lowest BCUT2D eigenvalue weighted by Gasteiger charge is -2.00. The van der Waals surface area contributed by atoms with Crippen LogP contribution in [0.1, 0.15) is 5.56 Å². The van der Waals surface area contributed by atoms with E-state index in [0.29, 0.717) is 32.2 Å². The van der Waals surface area contributed by atoms with Gasteiger partial charge in [-0.1, -0.05) is 27.3 Å². The lowest BCUT2D eigenvalue weighted by Crippen LogP contribution is -2.23. The zero-order valence-electron chi connectivity index (χ0n) is 12.3. The SMILES string of the molecule is O=c1/c(=C/c2cc3c(cc2Br)OCO3)sc2nc3cc(Br)cnc3n12. The molecule has 25 heavy (non-hydrogen) atoms. The van der Waals surface area contributed by atoms with Crippen molar-refractivity contribution in [3.8, 4) is 11.5 Å². The smallest absolute Gasteiger partial charge is 0.276 e. The number of nitrogens with zero attached hydrogens (tertiary/aromatic N) is 3. The monoisotopic (exact) mass is 479 g/mol. The van der Waals surface area contributed by atoms with E-state index in [1.54, 1.807) is 10.6 Å². The summed E-state index contributed by atoms with van der Waals surface area (Å²) in [6.07, 6.45) is 3.48. The Morgan fingerprint density at radius 2 is 2.00 bits per heavy atom. The van der Waals surface area contributed by atoms with E-state index in [2.05, 4.69) is 41.8 Å². The molecule has 0 amide bonds. The Labute approximate surface area is 161 Å². The van der Waals surface area contributed by atoms with Crippen LogP contribution in [0.2, 0.25) is 0 Å². The van der Waals surface area contributed by atoms with Crippen molar-refractivity contribution in [2.45, 2.75) is 0 Å². The van der Waals surface area contributed by atoms with Crippen molar-refractivity contribution in [1.29, 1.82) is 0 Å². The lowest BCUT2D eigenvalue weighted by molar-refractivity contribution is 0.174. The zero-order valence-corrected chi connectivity index (χ0v) is 16.3. The van der Waals surface area contributed by atoms with Crippen molar-refractivity contribution >= 4 is 65.4 Å². The van der Waals surface area contributed by atoms with Crippen LogP contribution in [0.4, 0.5) is 0 Å². The van der Waals surface area contributed by atoms with Crippen LogP contribution in [-0.2, 0) is 0 Å². The molecule has 9 heteroatoms. The molecule has 1 aliphatic heterocycles. The predicted molar refractivity (Wildman–Crippen MR) is 101 cm³/mol. The van der Waals surface area contributed by atoms with E-state index in [-0.39, 0.29) is 12.4 Å². The van der Waals surface area contributed by atoms with Crippen molar-refractivity contribution in [3.63, 3.8) is 0 Å². The second-order valence-electron chi connectivity index (χ2n) is 5.37. The number of ether oxygens (including phenoxy) is 2. The molecule has 0 fully saturated rings. The highest BCUT2D eigenvalue weighted by atomic mass is 79.9. The van der Waals surface area contributed by atoms with Crippen LogP contribution >= 0.6 is 43.2 Å². The first-order valence-corrected chi connectivity index (χ1v) is 9.58. The molecule has 0 saturated carbocycles. The highest BCUT2D eigenvalue weighted by Gasteiger charge is 2.17. The zero-order chi connectivity index (χ0) is 17.1.